The smallest absolute Gasteiger partial charge is 0.416 e. The van der Waals surface area contributed by atoms with Crippen LogP contribution in [0.25, 0.3) is 56.3 Å². The van der Waals surface area contributed by atoms with Crippen LogP contribution in [-0.2, 0) is 29.9 Å². The van der Waals surface area contributed by atoms with Crippen molar-refractivity contribution in [3.63, 3.8) is 0 Å². The number of ether oxygens (including phenoxy) is 13. The number of hydrogen-bond acceptors (Lipinski definition) is 28. The highest BCUT2D eigenvalue weighted by molar-refractivity contribution is 6.32. The molecule has 28 nitrogen and oxygen atoms in total. The first-order valence-electron chi connectivity index (χ1n) is 32.4. The predicted octanol–water partition coefficient (Wildman–Crippen LogP) is 14.8. The number of methoxy groups -OCH3 is 11. The molecule has 1 aliphatic heterocycles. The minimum Gasteiger partial charge on any atom is -0.492 e. The molecule has 1 atom stereocenters. The summed E-state index contributed by atoms with van der Waals surface area (Å²) in [6.45, 7) is 1.17. The van der Waals surface area contributed by atoms with Crippen LogP contribution >= 0.6 is 23.2 Å². The van der Waals surface area contributed by atoms with E-state index in [-0.39, 0.29) is 119 Å². The van der Waals surface area contributed by atoms with Gasteiger partial charge in [-0.3, -0.25) is 0 Å². The number of rotatable bonds is 17. The summed E-state index contributed by atoms with van der Waals surface area (Å²) in [6.07, 6.45) is -6.27. The van der Waals surface area contributed by atoms with Crippen molar-refractivity contribution in [1.82, 2.24) is 24.9 Å². The number of pyridine rings is 5. The first kappa shape index (κ1) is 90.5. The van der Waals surface area contributed by atoms with Crippen LogP contribution in [0.1, 0.15) is 76.7 Å². The van der Waals surface area contributed by atoms with Crippen molar-refractivity contribution in [1.29, 1.82) is 0 Å². The number of benzene rings is 5. The molecule has 0 radical (unpaired) electrons. The molecule has 42 heteroatoms. The maximum Gasteiger partial charge on any atom is 0.416 e. The lowest BCUT2D eigenvalue weighted by Gasteiger charge is -2.15. The Kier molecular flexibility index (Phi) is 30.1. The Labute approximate surface area is 664 Å². The van der Waals surface area contributed by atoms with Gasteiger partial charge in [0, 0.05) is 38.4 Å². The Morgan fingerprint density at radius 2 is 0.667 bits per heavy atom. The molecule has 1 aliphatic rings. The van der Waals surface area contributed by atoms with Crippen molar-refractivity contribution in [2.45, 2.75) is 19.3 Å². The molecule has 0 fully saturated rings. The number of hydrogen-bond donors (Lipinski definition) is 5. The molecule has 0 saturated carbocycles. The molecule has 0 aliphatic carbocycles. The van der Waals surface area contributed by atoms with Gasteiger partial charge in [0.2, 0.25) is 6.79 Å². The van der Waals surface area contributed by atoms with E-state index in [1.807, 2.05) is 0 Å². The normalized spacial score (nSPS) is 11.2. The summed E-state index contributed by atoms with van der Waals surface area (Å²) in [5, 5.41) is -0.167. The number of carbonyl (C=O) groups is 5. The van der Waals surface area contributed by atoms with Gasteiger partial charge in [0.25, 0.3) is 0 Å². The van der Waals surface area contributed by atoms with Gasteiger partial charge in [-0.05, 0) is 85.8 Å². The summed E-state index contributed by atoms with van der Waals surface area (Å²) in [5.41, 5.74) is 21.2. The summed E-state index contributed by atoms with van der Waals surface area (Å²) < 4.78 is 228. The van der Waals surface area contributed by atoms with Crippen LogP contribution in [0.2, 0.25) is 10.0 Å². The lowest BCUT2D eigenvalue weighted by Crippen LogP contribution is -2.12. The Balaban J connectivity index is 0.000000202. The Morgan fingerprint density at radius 1 is 0.376 bits per heavy atom. The summed E-state index contributed by atoms with van der Waals surface area (Å²) in [4.78, 5) is 78.2. The molecule has 6 heterocycles. The maximum absolute atomic E-state index is 14.7. The van der Waals surface area contributed by atoms with Crippen LogP contribution in [0.5, 0.6) is 46.0 Å². The highest BCUT2D eigenvalue weighted by atomic mass is 35.5. The monoisotopic (exact) mass is 1690 g/mol. The van der Waals surface area contributed by atoms with Crippen molar-refractivity contribution in [3.05, 3.63) is 187 Å². The molecule has 620 valence electrons. The zero-order valence-corrected chi connectivity index (χ0v) is 64.2. The van der Waals surface area contributed by atoms with E-state index in [1.165, 1.54) is 65.9 Å². The topological polar surface area (TPSA) is 400 Å². The Morgan fingerprint density at radius 3 is 0.991 bits per heavy atom. The lowest BCUT2D eigenvalue weighted by atomic mass is 10.0. The van der Waals surface area contributed by atoms with Gasteiger partial charge < -0.3 is 90.2 Å². The summed E-state index contributed by atoms with van der Waals surface area (Å²) in [7, 11) is 12.8. The fraction of sp³-hybridized carbons (Fsp3) is 0.200. The molecule has 117 heavy (non-hydrogen) atoms. The fourth-order valence-electron chi connectivity index (χ4n) is 10.5. The maximum atomic E-state index is 14.7. The van der Waals surface area contributed by atoms with Gasteiger partial charge >= 0.3 is 36.0 Å². The quantitative estimate of drug-likeness (QED) is 0.0321. The first-order valence-corrected chi connectivity index (χ1v) is 33.2. The predicted molar refractivity (Wildman–Crippen MR) is 397 cm³/mol. The van der Waals surface area contributed by atoms with Crippen molar-refractivity contribution in [3.8, 4) is 102 Å². The number of anilines is 5. The van der Waals surface area contributed by atoms with Gasteiger partial charge in [-0.25, -0.2) is 88.4 Å². The van der Waals surface area contributed by atoms with E-state index in [4.69, 9.17) is 89.8 Å². The summed E-state index contributed by atoms with van der Waals surface area (Å²) in [5.74, 6) is -12.4. The highest BCUT2D eigenvalue weighted by Crippen LogP contribution is 2.45. The average Bonchev–Trinajstić information content (AvgIpc) is 1.20. The number of fused-ring (bicyclic) bond motifs is 1. The summed E-state index contributed by atoms with van der Waals surface area (Å²) >= 11 is 11.6. The van der Waals surface area contributed by atoms with Crippen LogP contribution in [0, 0.1) is 46.5 Å². The van der Waals surface area contributed by atoms with Crippen LogP contribution in [-0.4, -0.2) is 140 Å². The van der Waals surface area contributed by atoms with E-state index < -0.39 is 140 Å². The Bertz CT molecular complexity index is 5450. The fourth-order valence-corrected chi connectivity index (χ4v) is 11.0. The molecule has 11 rings (SSSR count). The van der Waals surface area contributed by atoms with Crippen molar-refractivity contribution in [2.75, 3.05) is 114 Å². The molecule has 10 N–H and O–H groups in total. The second-order valence-corrected chi connectivity index (χ2v) is 23.7. The molecule has 0 spiro atoms. The molecule has 0 saturated heterocycles. The number of aromatic nitrogens is 5. The van der Waals surface area contributed by atoms with E-state index in [0.29, 0.717) is 17.1 Å². The lowest BCUT2D eigenvalue weighted by molar-refractivity contribution is -0.137. The third-order valence-corrected chi connectivity index (χ3v) is 16.7. The zero-order chi connectivity index (χ0) is 87.1. The molecular formula is C75H64Cl2F12N10O18. The molecule has 5 aromatic carbocycles. The summed E-state index contributed by atoms with van der Waals surface area (Å²) in [6, 6.07) is 18.1. The van der Waals surface area contributed by atoms with Gasteiger partial charge in [-0.1, -0.05) is 35.3 Å². The first-order chi connectivity index (χ1) is 55.4. The number of nitrogens with two attached hydrogens (primary N) is 5. The van der Waals surface area contributed by atoms with Crippen molar-refractivity contribution in [2.24, 2.45) is 0 Å². The second kappa shape index (κ2) is 38.9. The van der Waals surface area contributed by atoms with Gasteiger partial charge in [-0.15, -0.1) is 0 Å². The van der Waals surface area contributed by atoms with Gasteiger partial charge in [0.05, 0.1) is 88.8 Å². The number of esters is 5. The van der Waals surface area contributed by atoms with Crippen molar-refractivity contribution >= 4 is 81.5 Å². The molecule has 0 bridgehead atoms. The SMILES string of the molecule is COC(=O)c1nc(-c2ccc(C(F)(F)F)cc2)c(F)c(N)c1OC.COC(=O)c1nc(-c2ccc(Cl)c(C(C)F)c2F)c(F)c(N)c1OC.COC(=O)c1nc(-c2ccc(Cl)c(OC)c2F)c(F)c(N)c1OC.COC(=O)c1nc(-c2ccc(F)cc2)c(F)c(N)c1OC.COC(=O)c1nc(-c2ccc3c(c2)OCO3)c(F)c(N)c1OC. The minimum absolute atomic E-state index is 0.00571. The number of alkyl halides is 4. The van der Waals surface area contributed by atoms with Gasteiger partial charge in [-0.2, -0.15) is 13.2 Å². The molecule has 10 aromatic rings. The van der Waals surface area contributed by atoms with E-state index in [9.17, 15) is 76.7 Å². The van der Waals surface area contributed by atoms with Gasteiger partial charge in [0.1, 0.15) is 74.7 Å². The Hall–Kier alpha value is -13.7. The molecule has 1 unspecified atom stereocenters. The number of carbonyl (C=O) groups excluding carboxylic acids is 5. The van der Waals surface area contributed by atoms with Gasteiger partial charge in [0.15, 0.2) is 109 Å². The zero-order valence-electron chi connectivity index (χ0n) is 62.7. The van der Waals surface area contributed by atoms with E-state index in [0.717, 1.165) is 92.0 Å². The van der Waals surface area contributed by atoms with Crippen molar-refractivity contribution < 1.29 is 138 Å². The van der Waals surface area contributed by atoms with Crippen LogP contribution in [0.3, 0.4) is 0 Å². The molecular weight excluding hydrogens is 1630 g/mol. The van der Waals surface area contributed by atoms with Crippen LogP contribution in [0.4, 0.5) is 81.1 Å². The highest BCUT2D eigenvalue weighted by Gasteiger charge is 2.34. The number of nitrogens with zero attached hydrogens (tertiary/aromatic N) is 5. The van der Waals surface area contributed by atoms with E-state index in [1.54, 1.807) is 18.2 Å². The largest absolute Gasteiger partial charge is 0.492 e. The van der Waals surface area contributed by atoms with Crippen LogP contribution < -0.4 is 66.6 Å². The van der Waals surface area contributed by atoms with E-state index >= 15 is 0 Å². The third kappa shape index (κ3) is 19.3. The second-order valence-electron chi connectivity index (χ2n) is 22.8. The standard InChI is InChI=1S/C16H14ClF3N2O3.C15H13ClF2N2O4.C15H12F4N2O3.C15H13FN2O5.C14H12F2N2O3/c1-6(18)9-8(17)5-4-7(10(9)19)13-11(20)12(21)15(24-2)14(22-13)16(23)25-3;1-22-13-7(16)5-4-6(8(13)17)11-9(18)10(19)14(23-2)12(20-11)15(21)24-3;1-23-13-10(20)9(16)11(21-12(13)14(22)24-2)7-3-5-8(6-4-7)15(17,18)19;1-20-14-11(17)10(16)12(18-13(14)15(19)21-2)7-3-4-8-9(5-7)23-6-22-8;1-20-13-10(17)9(16)11(18-12(13)14(19)21-2)7-3-5-8(15)6-4-7/h4-6H,1-3H3,(H2,21,22);4-5H,1-3H3,(H2,19,20);3-6H,1-2H3,(H2,20,21);3-5H,6H2,1-2H3,(H2,17,18);3-6H,1-2H3,(H2,17,18). The molecule has 5 aromatic heterocycles. The third-order valence-electron chi connectivity index (χ3n) is 16.1. The number of nitrogen functional groups attached to an aromatic ring is 5. The number of halogens is 14. The average molecular weight is 1690 g/mol. The van der Waals surface area contributed by atoms with E-state index in [2.05, 4.69) is 48.6 Å². The van der Waals surface area contributed by atoms with Crippen LogP contribution in [0.15, 0.2) is 91.0 Å². The molecule has 0 amide bonds. The minimum atomic E-state index is -4.53.